The average Bonchev–Trinajstić information content (AvgIpc) is 2.54. The largest absolute Gasteiger partial charge is 0.306 e. The Kier molecular flexibility index (Phi) is 3.12. The van der Waals surface area contributed by atoms with Gasteiger partial charge >= 0.3 is 0 Å². The predicted octanol–water partition coefficient (Wildman–Crippen LogP) is 2.37. The molecule has 0 unspecified atom stereocenters. The molecule has 0 fully saturated rings. The molecule has 0 saturated heterocycles. The first-order valence-electron chi connectivity index (χ1n) is 6.29. The molecule has 7 nitrogen and oxygen atoms in total. The first-order valence-corrected chi connectivity index (χ1v) is 6.29. The number of nitrogens with zero attached hydrogens (tertiary/aromatic N) is 3. The normalized spacial score (nSPS) is 10.3. The van der Waals surface area contributed by atoms with Crippen molar-refractivity contribution >= 4 is 16.6 Å². The number of fused-ring (bicyclic) bond motifs is 1. The van der Waals surface area contributed by atoms with Gasteiger partial charge in [-0.15, -0.1) is 0 Å². The third-order valence-electron chi connectivity index (χ3n) is 3.21. The molecule has 0 bridgehead atoms. The van der Waals surface area contributed by atoms with Crippen molar-refractivity contribution in [1.29, 1.82) is 5.26 Å². The van der Waals surface area contributed by atoms with Crippen molar-refractivity contribution in [2.24, 2.45) is 0 Å². The van der Waals surface area contributed by atoms with Crippen LogP contribution in [0.25, 0.3) is 22.3 Å². The fraction of sp³-hybridized carbons (Fsp3) is 0. The van der Waals surface area contributed by atoms with E-state index in [4.69, 9.17) is 5.26 Å². The summed E-state index contributed by atoms with van der Waals surface area (Å²) in [6.07, 6.45) is 0. The van der Waals surface area contributed by atoms with Crippen LogP contribution in [0.1, 0.15) is 5.56 Å². The van der Waals surface area contributed by atoms with Gasteiger partial charge in [0.05, 0.1) is 21.4 Å². The summed E-state index contributed by atoms with van der Waals surface area (Å²) in [5, 5.41) is 20.7. The van der Waals surface area contributed by atoms with Crippen molar-refractivity contribution in [3.63, 3.8) is 0 Å². The molecule has 1 N–H and O–H groups in total. The number of hydrogen-bond acceptors (Lipinski definition) is 5. The Morgan fingerprint density at radius 2 is 1.95 bits per heavy atom. The van der Waals surface area contributed by atoms with Gasteiger partial charge in [0.2, 0.25) is 0 Å². The van der Waals surface area contributed by atoms with Crippen molar-refractivity contribution < 1.29 is 4.92 Å². The molecule has 1 aromatic heterocycles. The number of para-hydroxylation sites is 2. The van der Waals surface area contributed by atoms with E-state index < -0.39 is 10.5 Å². The zero-order chi connectivity index (χ0) is 15.7. The van der Waals surface area contributed by atoms with Gasteiger partial charge in [-0.05, 0) is 24.3 Å². The zero-order valence-corrected chi connectivity index (χ0v) is 11.1. The van der Waals surface area contributed by atoms with E-state index >= 15 is 0 Å². The summed E-state index contributed by atoms with van der Waals surface area (Å²) in [6, 6.07) is 12.8. The van der Waals surface area contributed by atoms with E-state index in [0.29, 0.717) is 10.9 Å². The van der Waals surface area contributed by atoms with Crippen molar-refractivity contribution in [3.05, 3.63) is 68.5 Å². The van der Waals surface area contributed by atoms with Gasteiger partial charge in [0.1, 0.15) is 17.5 Å². The highest BCUT2D eigenvalue weighted by molar-refractivity contribution is 5.81. The monoisotopic (exact) mass is 292 g/mol. The molecule has 22 heavy (non-hydrogen) atoms. The van der Waals surface area contributed by atoms with Crippen molar-refractivity contribution in [1.82, 2.24) is 9.97 Å². The Bertz CT molecular complexity index is 1000. The molecule has 3 rings (SSSR count). The van der Waals surface area contributed by atoms with E-state index in [0.717, 1.165) is 0 Å². The number of rotatable bonds is 2. The Morgan fingerprint density at radius 1 is 1.18 bits per heavy atom. The lowest BCUT2D eigenvalue weighted by molar-refractivity contribution is -0.384. The quantitative estimate of drug-likeness (QED) is 0.575. The summed E-state index contributed by atoms with van der Waals surface area (Å²) >= 11 is 0. The minimum Gasteiger partial charge on any atom is -0.306 e. The Hall–Kier alpha value is -3.53. The fourth-order valence-electron chi connectivity index (χ4n) is 2.24. The lowest BCUT2D eigenvalue weighted by Gasteiger charge is -2.05. The number of nitro benzene ring substituents is 1. The van der Waals surface area contributed by atoms with Crippen LogP contribution < -0.4 is 5.56 Å². The zero-order valence-electron chi connectivity index (χ0n) is 11.1. The van der Waals surface area contributed by atoms with Crippen molar-refractivity contribution in [2.75, 3.05) is 0 Å². The molecule has 0 aliphatic rings. The molecule has 2 aromatic carbocycles. The maximum Gasteiger partial charge on any atom is 0.297 e. The molecule has 0 aliphatic carbocycles. The number of benzene rings is 2. The van der Waals surface area contributed by atoms with Crippen LogP contribution in [-0.2, 0) is 0 Å². The number of hydrogen-bond donors (Lipinski definition) is 1. The van der Waals surface area contributed by atoms with Crippen molar-refractivity contribution in [3.8, 4) is 17.5 Å². The molecule has 3 aromatic rings. The minimum atomic E-state index is -0.650. The Labute approximate surface area is 123 Å². The summed E-state index contributed by atoms with van der Waals surface area (Å²) < 4.78 is 0. The van der Waals surface area contributed by atoms with E-state index in [9.17, 15) is 14.9 Å². The topological polar surface area (TPSA) is 113 Å². The third kappa shape index (κ3) is 2.09. The predicted molar refractivity (Wildman–Crippen MR) is 79.2 cm³/mol. The standard InChI is InChI=1S/C15H8N4O3/c16-8-9-4-3-6-11(13(9)19(21)22)14-17-12-7-2-1-5-10(12)15(20)18-14/h1-7H,(H,17,18,20). The first-order chi connectivity index (χ1) is 10.6. The number of nitro groups is 1. The van der Waals surface area contributed by atoms with Crippen LogP contribution >= 0.6 is 0 Å². The van der Waals surface area contributed by atoms with E-state index in [2.05, 4.69) is 9.97 Å². The van der Waals surface area contributed by atoms with Crippen LogP contribution in [0.5, 0.6) is 0 Å². The van der Waals surface area contributed by atoms with Crippen LogP contribution in [0.3, 0.4) is 0 Å². The summed E-state index contributed by atoms with van der Waals surface area (Å²) in [5.74, 6) is 0.0625. The second-order valence-corrected chi connectivity index (χ2v) is 4.50. The molecule has 0 spiro atoms. The number of aromatic nitrogens is 2. The highest BCUT2D eigenvalue weighted by atomic mass is 16.6. The molecule has 0 radical (unpaired) electrons. The van der Waals surface area contributed by atoms with Gasteiger partial charge in [-0.2, -0.15) is 5.26 Å². The SMILES string of the molecule is N#Cc1cccc(-c2nc3ccccc3c(=O)[nH]2)c1[N+](=O)[O-]. The average molecular weight is 292 g/mol. The van der Waals surface area contributed by atoms with E-state index in [1.54, 1.807) is 30.3 Å². The number of H-pyrrole nitrogens is 1. The fourth-order valence-corrected chi connectivity index (χ4v) is 2.24. The second kappa shape index (κ2) is 5.10. The minimum absolute atomic E-state index is 0.0625. The van der Waals surface area contributed by atoms with E-state index in [1.165, 1.54) is 18.2 Å². The maximum atomic E-state index is 12.1. The number of aromatic amines is 1. The molecule has 0 saturated carbocycles. The molecular weight excluding hydrogens is 284 g/mol. The van der Waals surface area contributed by atoms with Crippen LogP contribution in [0, 0.1) is 21.4 Å². The first kappa shape index (κ1) is 13.5. The third-order valence-corrected chi connectivity index (χ3v) is 3.21. The highest BCUT2D eigenvalue weighted by Gasteiger charge is 2.22. The number of nitrogens with one attached hydrogen (secondary N) is 1. The van der Waals surface area contributed by atoms with Gasteiger partial charge in [-0.1, -0.05) is 18.2 Å². The van der Waals surface area contributed by atoms with Gasteiger partial charge in [0.25, 0.3) is 11.2 Å². The summed E-state index contributed by atoms with van der Waals surface area (Å²) in [7, 11) is 0. The second-order valence-electron chi connectivity index (χ2n) is 4.50. The molecule has 1 heterocycles. The molecule has 7 heteroatoms. The van der Waals surface area contributed by atoms with Gasteiger partial charge in [0.15, 0.2) is 0 Å². The molecule has 0 aliphatic heterocycles. The molecule has 106 valence electrons. The van der Waals surface area contributed by atoms with Crippen LogP contribution in [0.2, 0.25) is 0 Å². The lowest BCUT2D eigenvalue weighted by atomic mass is 10.1. The molecule has 0 amide bonds. The van der Waals surface area contributed by atoms with Crippen LogP contribution in [-0.4, -0.2) is 14.9 Å². The van der Waals surface area contributed by atoms with Gasteiger partial charge < -0.3 is 4.98 Å². The van der Waals surface area contributed by atoms with Crippen molar-refractivity contribution in [2.45, 2.75) is 0 Å². The highest BCUT2D eigenvalue weighted by Crippen LogP contribution is 2.30. The maximum absolute atomic E-state index is 12.1. The summed E-state index contributed by atoms with van der Waals surface area (Å²) in [6.45, 7) is 0. The van der Waals surface area contributed by atoms with E-state index in [1.807, 2.05) is 0 Å². The number of nitriles is 1. The summed E-state index contributed by atoms with van der Waals surface area (Å²) in [4.78, 5) is 29.5. The van der Waals surface area contributed by atoms with Gasteiger partial charge in [0, 0.05) is 0 Å². The Morgan fingerprint density at radius 3 is 2.68 bits per heavy atom. The summed E-state index contributed by atoms with van der Waals surface area (Å²) in [5.41, 5.74) is -0.316. The van der Waals surface area contributed by atoms with Crippen LogP contribution in [0.15, 0.2) is 47.3 Å². The molecule has 0 atom stereocenters. The van der Waals surface area contributed by atoms with E-state index in [-0.39, 0.29) is 22.6 Å². The molecular formula is C15H8N4O3. The smallest absolute Gasteiger partial charge is 0.297 e. The Balaban J connectivity index is 2.36. The van der Waals surface area contributed by atoms with Gasteiger partial charge in [-0.25, -0.2) is 4.98 Å². The lowest BCUT2D eigenvalue weighted by Crippen LogP contribution is -2.10. The van der Waals surface area contributed by atoms with Gasteiger partial charge in [-0.3, -0.25) is 14.9 Å². The van der Waals surface area contributed by atoms with Crippen LogP contribution in [0.4, 0.5) is 5.69 Å².